The number of hydrogen-bond donors (Lipinski definition) is 1. The fourth-order valence-corrected chi connectivity index (χ4v) is 2.32. The molecular weight excluding hydrogens is 230 g/mol. The van der Waals surface area contributed by atoms with Crippen LogP contribution in [0.1, 0.15) is 36.5 Å². The average Bonchev–Trinajstić information content (AvgIpc) is 2.32. The number of aryl methyl sites for hydroxylation is 2. The summed E-state index contributed by atoms with van der Waals surface area (Å²) in [5, 5.41) is 3.55. The van der Waals surface area contributed by atoms with Crippen LogP contribution < -0.4 is 5.32 Å². The standard InChI is InChI=1S/C15H24ClN/c1-4-14(7-8-16)10-17-11-15-9-12(2)5-6-13(15)3/h5-6,9,14,17H,4,7-8,10-11H2,1-3H3. The van der Waals surface area contributed by atoms with Gasteiger partial charge < -0.3 is 5.32 Å². The molecule has 0 spiro atoms. The Hall–Kier alpha value is -0.530. The van der Waals surface area contributed by atoms with Gasteiger partial charge >= 0.3 is 0 Å². The third-order valence-electron chi connectivity index (χ3n) is 3.35. The molecule has 1 aromatic rings. The van der Waals surface area contributed by atoms with Gasteiger partial charge in [-0.1, -0.05) is 37.1 Å². The first-order valence-electron chi connectivity index (χ1n) is 6.50. The minimum atomic E-state index is 0.706. The molecule has 0 saturated heterocycles. The molecule has 0 bridgehead atoms. The van der Waals surface area contributed by atoms with Crippen molar-refractivity contribution in [2.24, 2.45) is 5.92 Å². The maximum Gasteiger partial charge on any atom is 0.0226 e. The van der Waals surface area contributed by atoms with E-state index in [-0.39, 0.29) is 0 Å². The monoisotopic (exact) mass is 253 g/mol. The number of hydrogen-bond acceptors (Lipinski definition) is 1. The second-order valence-corrected chi connectivity index (χ2v) is 5.19. The molecule has 17 heavy (non-hydrogen) atoms. The van der Waals surface area contributed by atoms with Crippen molar-refractivity contribution in [3.63, 3.8) is 0 Å². The lowest BCUT2D eigenvalue weighted by molar-refractivity contribution is 0.451. The van der Waals surface area contributed by atoms with Crippen LogP contribution in [0.4, 0.5) is 0 Å². The molecule has 1 N–H and O–H groups in total. The normalized spacial score (nSPS) is 12.7. The Bertz CT molecular complexity index is 336. The summed E-state index contributed by atoms with van der Waals surface area (Å²) in [6.07, 6.45) is 2.31. The van der Waals surface area contributed by atoms with Gasteiger partial charge in [-0.2, -0.15) is 0 Å². The minimum Gasteiger partial charge on any atom is -0.312 e. The van der Waals surface area contributed by atoms with E-state index in [9.17, 15) is 0 Å². The highest BCUT2D eigenvalue weighted by atomic mass is 35.5. The maximum atomic E-state index is 5.79. The van der Waals surface area contributed by atoms with Gasteiger partial charge in [0, 0.05) is 12.4 Å². The molecule has 0 heterocycles. The molecule has 0 saturated carbocycles. The summed E-state index contributed by atoms with van der Waals surface area (Å²) < 4.78 is 0. The predicted molar refractivity (Wildman–Crippen MR) is 76.7 cm³/mol. The molecule has 2 heteroatoms. The second kappa shape index (κ2) is 7.73. The molecule has 0 aliphatic heterocycles. The van der Waals surface area contributed by atoms with Crippen molar-refractivity contribution in [2.45, 2.75) is 40.2 Å². The van der Waals surface area contributed by atoms with Crippen LogP contribution in [-0.2, 0) is 6.54 Å². The van der Waals surface area contributed by atoms with E-state index in [4.69, 9.17) is 11.6 Å². The van der Waals surface area contributed by atoms with E-state index in [1.165, 1.54) is 23.1 Å². The molecule has 1 rings (SSSR count). The summed E-state index contributed by atoms with van der Waals surface area (Å²) in [4.78, 5) is 0. The van der Waals surface area contributed by atoms with Gasteiger partial charge in [0.1, 0.15) is 0 Å². The average molecular weight is 254 g/mol. The van der Waals surface area contributed by atoms with Crippen molar-refractivity contribution in [1.82, 2.24) is 5.32 Å². The van der Waals surface area contributed by atoms with Gasteiger partial charge in [0.15, 0.2) is 0 Å². The number of halogens is 1. The van der Waals surface area contributed by atoms with Gasteiger partial charge in [0.05, 0.1) is 0 Å². The molecule has 96 valence electrons. The van der Waals surface area contributed by atoms with Crippen LogP contribution >= 0.6 is 11.6 Å². The molecule has 0 radical (unpaired) electrons. The maximum absolute atomic E-state index is 5.79. The fourth-order valence-electron chi connectivity index (χ4n) is 2.01. The summed E-state index contributed by atoms with van der Waals surface area (Å²) >= 11 is 5.79. The van der Waals surface area contributed by atoms with Crippen molar-refractivity contribution in [3.05, 3.63) is 34.9 Å². The van der Waals surface area contributed by atoms with Crippen molar-refractivity contribution in [2.75, 3.05) is 12.4 Å². The summed E-state index contributed by atoms with van der Waals surface area (Å²) in [6.45, 7) is 8.58. The Balaban J connectivity index is 2.42. The predicted octanol–water partition coefficient (Wildman–Crippen LogP) is 4.05. The Morgan fingerprint density at radius 2 is 2.06 bits per heavy atom. The smallest absolute Gasteiger partial charge is 0.0226 e. The number of benzene rings is 1. The van der Waals surface area contributed by atoms with Gasteiger partial charge in [0.2, 0.25) is 0 Å². The van der Waals surface area contributed by atoms with E-state index < -0.39 is 0 Å². The van der Waals surface area contributed by atoms with E-state index in [1.54, 1.807) is 0 Å². The fraction of sp³-hybridized carbons (Fsp3) is 0.600. The molecule has 1 nitrogen and oxygen atoms in total. The Labute approximate surface area is 111 Å². The van der Waals surface area contributed by atoms with Crippen LogP contribution in [0, 0.1) is 19.8 Å². The van der Waals surface area contributed by atoms with Crippen LogP contribution in [-0.4, -0.2) is 12.4 Å². The quantitative estimate of drug-likeness (QED) is 0.723. The molecule has 0 fully saturated rings. The summed E-state index contributed by atoms with van der Waals surface area (Å²) in [5.41, 5.74) is 4.11. The zero-order valence-electron chi connectivity index (χ0n) is 11.2. The van der Waals surface area contributed by atoms with E-state index in [1.807, 2.05) is 0 Å². The Morgan fingerprint density at radius 3 is 2.71 bits per heavy atom. The summed E-state index contributed by atoms with van der Waals surface area (Å²) in [7, 11) is 0. The number of nitrogens with one attached hydrogen (secondary N) is 1. The molecular formula is C15H24ClN. The van der Waals surface area contributed by atoms with Crippen LogP contribution in [0.3, 0.4) is 0 Å². The summed E-state index contributed by atoms with van der Waals surface area (Å²) in [6, 6.07) is 6.63. The lowest BCUT2D eigenvalue weighted by Crippen LogP contribution is -2.22. The molecule has 0 aliphatic carbocycles. The van der Waals surface area contributed by atoms with Gasteiger partial charge in [-0.3, -0.25) is 0 Å². The molecule has 0 aliphatic rings. The zero-order chi connectivity index (χ0) is 12.7. The number of alkyl halides is 1. The van der Waals surface area contributed by atoms with Crippen molar-refractivity contribution >= 4 is 11.6 Å². The third kappa shape index (κ3) is 5.10. The largest absolute Gasteiger partial charge is 0.312 e. The van der Waals surface area contributed by atoms with Crippen LogP contribution in [0.2, 0.25) is 0 Å². The van der Waals surface area contributed by atoms with E-state index in [0.717, 1.165) is 25.4 Å². The van der Waals surface area contributed by atoms with Gasteiger partial charge in [-0.05, 0) is 43.9 Å². The Morgan fingerprint density at radius 1 is 1.29 bits per heavy atom. The van der Waals surface area contributed by atoms with Crippen molar-refractivity contribution in [1.29, 1.82) is 0 Å². The summed E-state index contributed by atoms with van der Waals surface area (Å²) in [5.74, 6) is 1.47. The topological polar surface area (TPSA) is 12.0 Å². The lowest BCUT2D eigenvalue weighted by atomic mass is 10.0. The third-order valence-corrected chi connectivity index (χ3v) is 3.57. The molecule has 1 aromatic carbocycles. The highest BCUT2D eigenvalue weighted by Gasteiger charge is 2.05. The first kappa shape index (κ1) is 14.5. The highest BCUT2D eigenvalue weighted by Crippen LogP contribution is 2.12. The first-order chi connectivity index (χ1) is 8.17. The molecule has 0 aromatic heterocycles. The zero-order valence-corrected chi connectivity index (χ0v) is 12.0. The van der Waals surface area contributed by atoms with E-state index in [2.05, 4.69) is 44.3 Å². The van der Waals surface area contributed by atoms with Gasteiger partial charge in [-0.25, -0.2) is 0 Å². The van der Waals surface area contributed by atoms with Crippen LogP contribution in [0.15, 0.2) is 18.2 Å². The lowest BCUT2D eigenvalue weighted by Gasteiger charge is -2.15. The molecule has 0 amide bonds. The molecule has 1 unspecified atom stereocenters. The highest BCUT2D eigenvalue weighted by molar-refractivity contribution is 6.17. The van der Waals surface area contributed by atoms with Gasteiger partial charge in [-0.15, -0.1) is 11.6 Å². The second-order valence-electron chi connectivity index (χ2n) is 4.81. The molecule has 1 atom stereocenters. The van der Waals surface area contributed by atoms with E-state index in [0.29, 0.717) is 5.92 Å². The first-order valence-corrected chi connectivity index (χ1v) is 7.03. The van der Waals surface area contributed by atoms with Crippen molar-refractivity contribution in [3.8, 4) is 0 Å². The van der Waals surface area contributed by atoms with Gasteiger partial charge in [0.25, 0.3) is 0 Å². The Kier molecular flexibility index (Phi) is 6.61. The minimum absolute atomic E-state index is 0.706. The SMILES string of the molecule is CCC(CCCl)CNCc1cc(C)ccc1C. The van der Waals surface area contributed by atoms with Crippen molar-refractivity contribution < 1.29 is 0 Å². The van der Waals surface area contributed by atoms with E-state index >= 15 is 0 Å². The van der Waals surface area contributed by atoms with Crippen LogP contribution in [0.25, 0.3) is 0 Å². The number of rotatable bonds is 7. The van der Waals surface area contributed by atoms with Crippen LogP contribution in [0.5, 0.6) is 0 Å².